The minimum atomic E-state index is 0.288. The first kappa shape index (κ1) is 11.8. The second kappa shape index (κ2) is 4.78. The summed E-state index contributed by atoms with van der Waals surface area (Å²) in [7, 11) is 0. The number of ether oxygens (including phenoxy) is 1. The molecule has 1 atom stereocenters. The normalized spacial score (nSPS) is 17.3. The lowest BCUT2D eigenvalue weighted by Crippen LogP contribution is -2.05. The summed E-state index contributed by atoms with van der Waals surface area (Å²) in [5.41, 5.74) is 2.38. The molecule has 0 amide bonds. The van der Waals surface area contributed by atoms with E-state index in [1.807, 2.05) is 12.1 Å². The maximum atomic E-state index is 5.80. The number of halogens is 1. The van der Waals surface area contributed by atoms with Gasteiger partial charge in [0.2, 0.25) is 0 Å². The summed E-state index contributed by atoms with van der Waals surface area (Å²) in [6, 6.07) is 6.22. The van der Waals surface area contributed by atoms with E-state index in [1.165, 1.54) is 16.9 Å². The molecular weight excluding hydrogens is 268 g/mol. The number of anilines is 1. The van der Waals surface area contributed by atoms with Crippen LogP contribution in [0, 0.1) is 0 Å². The fourth-order valence-electron chi connectivity index (χ4n) is 2.09. The average Bonchev–Trinajstić information content (AvgIpc) is 2.90. The number of rotatable bonds is 3. The highest BCUT2D eigenvalue weighted by molar-refractivity contribution is 7.15. The SMILES string of the molecule is CC1Cc2cc(NCc3cnc(Cl)s3)ccc2O1. The molecule has 0 spiro atoms. The molecular formula is C13H13ClN2OS. The first-order valence-electron chi connectivity index (χ1n) is 5.84. The summed E-state index contributed by atoms with van der Waals surface area (Å²) in [5.74, 6) is 1.01. The summed E-state index contributed by atoms with van der Waals surface area (Å²) < 4.78 is 6.26. The first-order valence-corrected chi connectivity index (χ1v) is 7.04. The number of thiazole rings is 1. The zero-order valence-electron chi connectivity index (χ0n) is 9.94. The largest absolute Gasteiger partial charge is 0.490 e. The Hall–Kier alpha value is -1.26. The van der Waals surface area contributed by atoms with Gasteiger partial charge in [-0.25, -0.2) is 4.98 Å². The zero-order chi connectivity index (χ0) is 12.5. The van der Waals surface area contributed by atoms with Gasteiger partial charge in [0, 0.05) is 23.2 Å². The van der Waals surface area contributed by atoms with E-state index in [1.54, 1.807) is 6.20 Å². The third kappa shape index (κ3) is 2.44. The number of nitrogens with one attached hydrogen (secondary N) is 1. The van der Waals surface area contributed by atoms with Gasteiger partial charge in [-0.2, -0.15) is 0 Å². The van der Waals surface area contributed by atoms with E-state index in [9.17, 15) is 0 Å². The summed E-state index contributed by atoms with van der Waals surface area (Å²) in [4.78, 5) is 5.15. The van der Waals surface area contributed by atoms with Crippen LogP contribution in [0.2, 0.25) is 4.47 Å². The number of benzene rings is 1. The van der Waals surface area contributed by atoms with Crippen LogP contribution in [0.5, 0.6) is 5.75 Å². The smallest absolute Gasteiger partial charge is 0.183 e. The molecule has 0 saturated heterocycles. The lowest BCUT2D eigenvalue weighted by atomic mass is 10.1. The predicted molar refractivity (Wildman–Crippen MR) is 74.7 cm³/mol. The zero-order valence-corrected chi connectivity index (χ0v) is 11.5. The highest BCUT2D eigenvalue weighted by Crippen LogP contribution is 2.31. The highest BCUT2D eigenvalue weighted by Gasteiger charge is 2.18. The van der Waals surface area contributed by atoms with E-state index in [2.05, 4.69) is 23.3 Å². The van der Waals surface area contributed by atoms with Gasteiger partial charge in [0.25, 0.3) is 0 Å². The average molecular weight is 281 g/mol. The summed E-state index contributed by atoms with van der Waals surface area (Å²) >= 11 is 7.30. The quantitative estimate of drug-likeness (QED) is 0.930. The summed E-state index contributed by atoms with van der Waals surface area (Å²) in [5, 5.41) is 3.38. The Labute approximate surface area is 115 Å². The molecule has 0 saturated carbocycles. The van der Waals surface area contributed by atoms with E-state index in [4.69, 9.17) is 16.3 Å². The van der Waals surface area contributed by atoms with Crippen molar-refractivity contribution >= 4 is 28.6 Å². The molecule has 0 bridgehead atoms. The Morgan fingerprint density at radius 3 is 3.22 bits per heavy atom. The van der Waals surface area contributed by atoms with Crippen molar-refractivity contribution in [2.45, 2.75) is 26.0 Å². The number of aromatic nitrogens is 1. The van der Waals surface area contributed by atoms with Gasteiger partial charge in [-0.1, -0.05) is 11.6 Å². The second-order valence-corrected chi connectivity index (χ2v) is 6.09. The van der Waals surface area contributed by atoms with Crippen molar-refractivity contribution < 1.29 is 4.74 Å². The van der Waals surface area contributed by atoms with E-state index in [0.29, 0.717) is 4.47 Å². The molecule has 2 aromatic rings. The van der Waals surface area contributed by atoms with Crippen molar-refractivity contribution in [1.82, 2.24) is 4.98 Å². The van der Waals surface area contributed by atoms with Gasteiger partial charge < -0.3 is 10.1 Å². The molecule has 1 aliphatic heterocycles. The number of nitrogens with zero attached hydrogens (tertiary/aromatic N) is 1. The van der Waals surface area contributed by atoms with Crippen molar-refractivity contribution in [3.8, 4) is 5.75 Å². The Morgan fingerprint density at radius 2 is 2.44 bits per heavy atom. The first-order chi connectivity index (χ1) is 8.70. The minimum Gasteiger partial charge on any atom is -0.490 e. The van der Waals surface area contributed by atoms with Gasteiger partial charge in [-0.05, 0) is 30.7 Å². The van der Waals surface area contributed by atoms with Gasteiger partial charge in [-0.15, -0.1) is 11.3 Å². The minimum absolute atomic E-state index is 0.288. The van der Waals surface area contributed by atoms with Crippen LogP contribution in [0.1, 0.15) is 17.4 Å². The van der Waals surface area contributed by atoms with Gasteiger partial charge >= 0.3 is 0 Å². The van der Waals surface area contributed by atoms with E-state index < -0.39 is 0 Å². The molecule has 1 unspecified atom stereocenters. The van der Waals surface area contributed by atoms with Crippen LogP contribution in [0.3, 0.4) is 0 Å². The molecule has 0 aliphatic carbocycles. The maximum Gasteiger partial charge on any atom is 0.183 e. The molecule has 18 heavy (non-hydrogen) atoms. The molecule has 5 heteroatoms. The number of fused-ring (bicyclic) bond motifs is 1. The van der Waals surface area contributed by atoms with Gasteiger partial charge in [0.15, 0.2) is 4.47 Å². The van der Waals surface area contributed by atoms with Crippen molar-refractivity contribution in [2.24, 2.45) is 0 Å². The summed E-state index contributed by atoms with van der Waals surface area (Å²) in [6.07, 6.45) is 3.08. The number of hydrogen-bond donors (Lipinski definition) is 1. The van der Waals surface area contributed by atoms with Crippen LogP contribution in [0.15, 0.2) is 24.4 Å². The van der Waals surface area contributed by atoms with Gasteiger partial charge in [-0.3, -0.25) is 0 Å². The number of hydrogen-bond acceptors (Lipinski definition) is 4. The lowest BCUT2D eigenvalue weighted by molar-refractivity contribution is 0.254. The molecule has 0 fully saturated rings. The van der Waals surface area contributed by atoms with E-state index >= 15 is 0 Å². The molecule has 1 aromatic carbocycles. The molecule has 1 aromatic heterocycles. The lowest BCUT2D eigenvalue weighted by Gasteiger charge is -2.06. The Morgan fingerprint density at radius 1 is 1.56 bits per heavy atom. The molecule has 3 nitrogen and oxygen atoms in total. The monoisotopic (exact) mass is 280 g/mol. The Bertz CT molecular complexity index is 570. The molecule has 1 N–H and O–H groups in total. The molecule has 2 heterocycles. The highest BCUT2D eigenvalue weighted by atomic mass is 35.5. The molecule has 1 aliphatic rings. The second-order valence-electron chi connectivity index (χ2n) is 4.39. The fraction of sp³-hybridized carbons (Fsp3) is 0.308. The predicted octanol–water partition coefficient (Wildman–Crippen LogP) is 3.73. The molecule has 3 rings (SSSR count). The Kier molecular flexibility index (Phi) is 3.14. The van der Waals surface area contributed by atoms with Crippen LogP contribution < -0.4 is 10.1 Å². The van der Waals surface area contributed by atoms with Crippen molar-refractivity contribution in [2.75, 3.05) is 5.32 Å². The molecule has 0 radical (unpaired) electrons. The van der Waals surface area contributed by atoms with Crippen molar-refractivity contribution in [3.63, 3.8) is 0 Å². The maximum absolute atomic E-state index is 5.80. The van der Waals surface area contributed by atoms with E-state index in [0.717, 1.165) is 29.3 Å². The van der Waals surface area contributed by atoms with Crippen molar-refractivity contribution in [1.29, 1.82) is 0 Å². The van der Waals surface area contributed by atoms with Gasteiger partial charge in [0.1, 0.15) is 11.9 Å². The standard InChI is InChI=1S/C13H13ClN2OS/c1-8-4-9-5-10(2-3-12(9)17-8)15-6-11-7-16-13(14)18-11/h2-3,5,7-8,15H,4,6H2,1H3. The van der Waals surface area contributed by atoms with Gasteiger partial charge in [0.05, 0.1) is 6.54 Å². The van der Waals surface area contributed by atoms with Crippen LogP contribution in [0.25, 0.3) is 0 Å². The Balaban J connectivity index is 1.69. The van der Waals surface area contributed by atoms with E-state index in [-0.39, 0.29) is 6.10 Å². The van der Waals surface area contributed by atoms with Crippen LogP contribution in [0.4, 0.5) is 5.69 Å². The topological polar surface area (TPSA) is 34.2 Å². The third-order valence-electron chi connectivity index (χ3n) is 2.89. The molecule has 94 valence electrons. The third-order valence-corrected chi connectivity index (χ3v) is 4.00. The van der Waals surface area contributed by atoms with Crippen LogP contribution >= 0.6 is 22.9 Å². The van der Waals surface area contributed by atoms with Crippen molar-refractivity contribution in [3.05, 3.63) is 39.3 Å². The van der Waals surface area contributed by atoms with Crippen LogP contribution in [-0.4, -0.2) is 11.1 Å². The fourth-order valence-corrected chi connectivity index (χ4v) is 3.00. The van der Waals surface area contributed by atoms with Crippen LogP contribution in [-0.2, 0) is 13.0 Å². The summed E-state index contributed by atoms with van der Waals surface area (Å²) in [6.45, 7) is 2.84.